The van der Waals surface area contributed by atoms with Crippen molar-refractivity contribution in [2.24, 2.45) is 4.99 Å². The number of benzene rings is 1. The summed E-state index contributed by atoms with van der Waals surface area (Å²) >= 11 is 0. The first-order valence-corrected chi connectivity index (χ1v) is 9.02. The standard InChI is InChI=1S/C20H30N4O3.HI/c1-6-21-20(22-13-16-8-7-11-27-16)23-14-17(24(2)3)15-9-10-18(25-4)19(12-15)26-5;/h7-12,17H,6,13-14H2,1-5H3,(H2,21,22,23);1H. The van der Waals surface area contributed by atoms with Crippen molar-refractivity contribution in [1.29, 1.82) is 0 Å². The first-order chi connectivity index (χ1) is 13.1. The van der Waals surface area contributed by atoms with Gasteiger partial charge in [0.15, 0.2) is 17.5 Å². The normalized spacial score (nSPS) is 12.3. The zero-order valence-electron chi connectivity index (χ0n) is 17.2. The lowest BCUT2D eigenvalue weighted by atomic mass is 10.1. The summed E-state index contributed by atoms with van der Waals surface area (Å²) in [5.74, 6) is 3.03. The van der Waals surface area contributed by atoms with Crippen LogP contribution in [0.3, 0.4) is 0 Å². The highest BCUT2D eigenvalue weighted by atomic mass is 127. The molecular formula is C20H31IN4O3. The topological polar surface area (TPSA) is 71.3 Å². The molecule has 0 aliphatic carbocycles. The average Bonchev–Trinajstić information content (AvgIpc) is 3.19. The van der Waals surface area contributed by atoms with Crippen LogP contribution >= 0.6 is 24.0 Å². The predicted molar refractivity (Wildman–Crippen MR) is 123 cm³/mol. The molecule has 1 atom stereocenters. The van der Waals surface area contributed by atoms with E-state index in [4.69, 9.17) is 13.9 Å². The van der Waals surface area contributed by atoms with Crippen molar-refractivity contribution in [3.05, 3.63) is 47.9 Å². The molecule has 0 aliphatic heterocycles. The molecule has 0 amide bonds. The molecule has 1 unspecified atom stereocenters. The third-order valence-corrected chi connectivity index (χ3v) is 4.20. The Balaban J connectivity index is 0.00000392. The Morgan fingerprint density at radius 1 is 1.14 bits per heavy atom. The number of hydrogen-bond acceptors (Lipinski definition) is 5. The molecule has 0 radical (unpaired) electrons. The molecule has 2 aromatic rings. The van der Waals surface area contributed by atoms with Crippen molar-refractivity contribution in [2.75, 3.05) is 41.4 Å². The molecule has 8 heteroatoms. The number of rotatable bonds is 9. The van der Waals surface area contributed by atoms with E-state index in [-0.39, 0.29) is 30.0 Å². The molecule has 28 heavy (non-hydrogen) atoms. The van der Waals surface area contributed by atoms with Crippen LogP contribution in [0.25, 0.3) is 0 Å². The van der Waals surface area contributed by atoms with Gasteiger partial charge in [-0.1, -0.05) is 6.07 Å². The lowest BCUT2D eigenvalue weighted by Gasteiger charge is -2.26. The summed E-state index contributed by atoms with van der Waals surface area (Å²) < 4.78 is 16.1. The Labute approximate surface area is 184 Å². The van der Waals surface area contributed by atoms with Gasteiger partial charge in [0.25, 0.3) is 0 Å². The minimum absolute atomic E-state index is 0. The minimum atomic E-state index is 0. The Bertz CT molecular complexity index is 720. The number of furan rings is 1. The molecule has 0 saturated carbocycles. The Morgan fingerprint density at radius 2 is 1.89 bits per heavy atom. The van der Waals surface area contributed by atoms with Crippen LogP contribution in [-0.2, 0) is 6.54 Å². The van der Waals surface area contributed by atoms with E-state index in [2.05, 4.69) is 40.7 Å². The molecule has 1 aromatic heterocycles. The van der Waals surface area contributed by atoms with Crippen LogP contribution in [0.15, 0.2) is 46.0 Å². The van der Waals surface area contributed by atoms with E-state index in [0.29, 0.717) is 13.1 Å². The van der Waals surface area contributed by atoms with E-state index < -0.39 is 0 Å². The molecule has 0 spiro atoms. The zero-order valence-corrected chi connectivity index (χ0v) is 19.5. The van der Waals surface area contributed by atoms with Gasteiger partial charge < -0.3 is 29.4 Å². The average molecular weight is 502 g/mol. The number of nitrogens with one attached hydrogen (secondary N) is 2. The highest BCUT2D eigenvalue weighted by molar-refractivity contribution is 14.0. The molecular weight excluding hydrogens is 471 g/mol. The maximum Gasteiger partial charge on any atom is 0.191 e. The van der Waals surface area contributed by atoms with Gasteiger partial charge >= 0.3 is 0 Å². The van der Waals surface area contributed by atoms with Crippen LogP contribution in [0.5, 0.6) is 11.5 Å². The highest BCUT2D eigenvalue weighted by Crippen LogP contribution is 2.31. The molecule has 2 rings (SSSR count). The molecule has 156 valence electrons. The number of ether oxygens (including phenoxy) is 2. The molecule has 2 N–H and O–H groups in total. The van der Waals surface area contributed by atoms with Crippen molar-refractivity contribution in [3.8, 4) is 11.5 Å². The summed E-state index contributed by atoms with van der Waals surface area (Å²) in [6.07, 6.45) is 1.66. The Kier molecular flexibility index (Phi) is 10.8. The fourth-order valence-corrected chi connectivity index (χ4v) is 2.75. The SMILES string of the molecule is CCNC(=NCc1ccco1)NCC(c1ccc(OC)c(OC)c1)N(C)C.I. The maximum absolute atomic E-state index is 5.44. The van der Waals surface area contributed by atoms with Crippen LogP contribution in [-0.4, -0.2) is 52.3 Å². The van der Waals surface area contributed by atoms with Gasteiger partial charge in [-0.05, 0) is 50.8 Å². The smallest absolute Gasteiger partial charge is 0.191 e. The predicted octanol–water partition coefficient (Wildman–Crippen LogP) is 3.27. The molecule has 1 aromatic carbocycles. The summed E-state index contributed by atoms with van der Waals surface area (Å²) in [4.78, 5) is 6.74. The van der Waals surface area contributed by atoms with Crippen molar-refractivity contribution < 1.29 is 13.9 Å². The van der Waals surface area contributed by atoms with Crippen LogP contribution in [0.4, 0.5) is 0 Å². The second kappa shape index (κ2) is 12.5. The van der Waals surface area contributed by atoms with Crippen molar-refractivity contribution in [3.63, 3.8) is 0 Å². The number of halogens is 1. The number of methoxy groups -OCH3 is 2. The number of nitrogens with zero attached hydrogens (tertiary/aromatic N) is 2. The van der Waals surface area contributed by atoms with Gasteiger partial charge in [-0.3, -0.25) is 0 Å². The number of likely N-dealkylation sites (N-methyl/N-ethyl adjacent to an activating group) is 1. The number of hydrogen-bond donors (Lipinski definition) is 2. The van der Waals surface area contributed by atoms with Gasteiger partial charge in [0.1, 0.15) is 12.3 Å². The molecule has 0 aliphatic rings. The second-order valence-electron chi connectivity index (χ2n) is 6.25. The van der Waals surface area contributed by atoms with E-state index in [1.807, 2.05) is 31.2 Å². The third kappa shape index (κ3) is 6.90. The number of guanidine groups is 1. The van der Waals surface area contributed by atoms with Crippen LogP contribution in [0, 0.1) is 0 Å². The van der Waals surface area contributed by atoms with Crippen LogP contribution in [0.2, 0.25) is 0 Å². The number of aliphatic imine (C=N–C) groups is 1. The first kappa shape index (κ1) is 24.1. The largest absolute Gasteiger partial charge is 0.493 e. The summed E-state index contributed by atoms with van der Waals surface area (Å²) in [5, 5.41) is 6.68. The van der Waals surface area contributed by atoms with Crippen molar-refractivity contribution in [1.82, 2.24) is 15.5 Å². The zero-order chi connectivity index (χ0) is 19.6. The van der Waals surface area contributed by atoms with Gasteiger partial charge in [-0.2, -0.15) is 0 Å². The molecule has 7 nitrogen and oxygen atoms in total. The van der Waals surface area contributed by atoms with Crippen molar-refractivity contribution >= 4 is 29.9 Å². The van der Waals surface area contributed by atoms with Crippen molar-refractivity contribution in [2.45, 2.75) is 19.5 Å². The van der Waals surface area contributed by atoms with Gasteiger partial charge in [0.2, 0.25) is 0 Å². The first-order valence-electron chi connectivity index (χ1n) is 9.02. The molecule has 1 heterocycles. The Morgan fingerprint density at radius 3 is 2.46 bits per heavy atom. The van der Waals surface area contributed by atoms with E-state index in [9.17, 15) is 0 Å². The fourth-order valence-electron chi connectivity index (χ4n) is 2.75. The third-order valence-electron chi connectivity index (χ3n) is 4.20. The van der Waals surface area contributed by atoms with E-state index in [1.54, 1.807) is 20.5 Å². The van der Waals surface area contributed by atoms with Gasteiger partial charge in [-0.25, -0.2) is 4.99 Å². The summed E-state index contributed by atoms with van der Waals surface area (Å²) in [6, 6.07) is 9.92. The second-order valence-corrected chi connectivity index (χ2v) is 6.25. The quantitative estimate of drug-likeness (QED) is 0.312. The minimum Gasteiger partial charge on any atom is -0.493 e. The Hall–Kier alpha value is -1.94. The molecule has 0 bridgehead atoms. The molecule has 0 saturated heterocycles. The lowest BCUT2D eigenvalue weighted by Crippen LogP contribution is -2.41. The van der Waals surface area contributed by atoms with E-state index in [0.717, 1.165) is 35.3 Å². The lowest BCUT2D eigenvalue weighted by molar-refractivity contribution is 0.295. The van der Waals surface area contributed by atoms with E-state index >= 15 is 0 Å². The van der Waals surface area contributed by atoms with Gasteiger partial charge in [0, 0.05) is 13.1 Å². The summed E-state index contributed by atoms with van der Waals surface area (Å²) in [6.45, 7) is 4.01. The van der Waals surface area contributed by atoms with Crippen LogP contribution < -0.4 is 20.1 Å². The maximum atomic E-state index is 5.44. The summed E-state index contributed by atoms with van der Waals surface area (Å²) in [5.41, 5.74) is 1.13. The van der Waals surface area contributed by atoms with Gasteiger partial charge in [-0.15, -0.1) is 24.0 Å². The fraction of sp³-hybridized carbons (Fsp3) is 0.450. The molecule has 0 fully saturated rings. The summed E-state index contributed by atoms with van der Waals surface area (Å²) in [7, 11) is 7.39. The van der Waals surface area contributed by atoms with Crippen LogP contribution in [0.1, 0.15) is 24.3 Å². The van der Waals surface area contributed by atoms with E-state index in [1.165, 1.54) is 0 Å². The van der Waals surface area contributed by atoms with Gasteiger partial charge in [0.05, 0.1) is 26.5 Å². The monoisotopic (exact) mass is 502 g/mol. The highest BCUT2D eigenvalue weighted by Gasteiger charge is 2.17.